The molecule has 0 fully saturated rings. The van der Waals surface area contributed by atoms with Gasteiger partial charge in [0, 0.05) is 18.5 Å². The van der Waals surface area contributed by atoms with Crippen LogP contribution in [0.5, 0.6) is 0 Å². The zero-order chi connectivity index (χ0) is 22.7. The number of para-hydroxylation sites is 1. The molecular formula is C26H27N3O3. The largest absolute Gasteiger partial charge is 0.465 e. The number of aryl methyl sites for hydroxylation is 2. The third kappa shape index (κ3) is 4.21. The SMILES string of the molecule is CCCCc1ncc(C=C2C(=O)Nc3c(C)cccc32)n1Cc1ccc(C(=O)OC)cc1. The Morgan fingerprint density at radius 1 is 1.19 bits per heavy atom. The van der Waals surface area contributed by atoms with E-state index in [1.807, 2.05) is 49.5 Å². The van der Waals surface area contributed by atoms with Gasteiger partial charge >= 0.3 is 5.97 Å². The van der Waals surface area contributed by atoms with Crippen LogP contribution in [0.4, 0.5) is 5.69 Å². The number of carbonyl (C=O) groups is 2. The number of imidazole rings is 1. The van der Waals surface area contributed by atoms with Crippen LogP contribution in [0.2, 0.25) is 0 Å². The van der Waals surface area contributed by atoms with Crippen molar-refractivity contribution >= 4 is 29.2 Å². The molecule has 2 aromatic carbocycles. The highest BCUT2D eigenvalue weighted by Crippen LogP contribution is 2.35. The molecule has 0 aliphatic carbocycles. The number of unbranched alkanes of at least 4 members (excludes halogenated alkanes) is 1. The molecule has 1 aliphatic rings. The highest BCUT2D eigenvalue weighted by Gasteiger charge is 2.25. The summed E-state index contributed by atoms with van der Waals surface area (Å²) >= 11 is 0. The smallest absolute Gasteiger partial charge is 0.337 e. The van der Waals surface area contributed by atoms with E-state index >= 15 is 0 Å². The average Bonchev–Trinajstić information content (AvgIpc) is 3.33. The summed E-state index contributed by atoms with van der Waals surface area (Å²) in [6, 6.07) is 13.3. The van der Waals surface area contributed by atoms with E-state index in [1.54, 1.807) is 12.1 Å². The van der Waals surface area contributed by atoms with Crippen LogP contribution in [0.25, 0.3) is 11.6 Å². The number of methoxy groups -OCH3 is 1. The van der Waals surface area contributed by atoms with Crippen molar-refractivity contribution in [1.29, 1.82) is 0 Å². The second kappa shape index (κ2) is 9.22. The van der Waals surface area contributed by atoms with Gasteiger partial charge in [-0.1, -0.05) is 43.7 Å². The first-order chi connectivity index (χ1) is 15.5. The lowest BCUT2D eigenvalue weighted by molar-refractivity contribution is -0.110. The second-order valence-electron chi connectivity index (χ2n) is 7.99. The molecule has 0 radical (unpaired) electrons. The maximum Gasteiger partial charge on any atom is 0.337 e. The third-order valence-corrected chi connectivity index (χ3v) is 5.78. The highest BCUT2D eigenvalue weighted by molar-refractivity contribution is 6.35. The maximum absolute atomic E-state index is 12.7. The Morgan fingerprint density at radius 2 is 1.97 bits per heavy atom. The van der Waals surface area contributed by atoms with Crippen LogP contribution in [0, 0.1) is 6.92 Å². The first-order valence-electron chi connectivity index (χ1n) is 10.9. The molecule has 1 N–H and O–H groups in total. The summed E-state index contributed by atoms with van der Waals surface area (Å²) in [4.78, 5) is 29.1. The third-order valence-electron chi connectivity index (χ3n) is 5.78. The quantitative estimate of drug-likeness (QED) is 0.430. The number of aromatic nitrogens is 2. The zero-order valence-electron chi connectivity index (χ0n) is 18.6. The summed E-state index contributed by atoms with van der Waals surface area (Å²) in [5, 5.41) is 2.99. The molecule has 1 aliphatic heterocycles. The molecule has 0 bridgehead atoms. The van der Waals surface area contributed by atoms with Crippen LogP contribution in [-0.4, -0.2) is 28.5 Å². The number of nitrogens with one attached hydrogen (secondary N) is 1. The van der Waals surface area contributed by atoms with Gasteiger partial charge in [0.15, 0.2) is 0 Å². The molecule has 0 unspecified atom stereocenters. The van der Waals surface area contributed by atoms with Crippen LogP contribution in [-0.2, 0) is 22.5 Å². The van der Waals surface area contributed by atoms with Crippen molar-refractivity contribution < 1.29 is 14.3 Å². The van der Waals surface area contributed by atoms with Gasteiger partial charge in [-0.3, -0.25) is 4.79 Å². The molecule has 0 spiro atoms. The molecule has 32 heavy (non-hydrogen) atoms. The number of nitrogens with zero attached hydrogens (tertiary/aromatic N) is 2. The number of esters is 1. The molecule has 6 nitrogen and oxygen atoms in total. The highest BCUT2D eigenvalue weighted by atomic mass is 16.5. The summed E-state index contributed by atoms with van der Waals surface area (Å²) in [7, 11) is 1.38. The summed E-state index contributed by atoms with van der Waals surface area (Å²) in [5.41, 5.74) is 5.92. The Balaban J connectivity index is 1.71. The topological polar surface area (TPSA) is 73.2 Å². The monoisotopic (exact) mass is 429 g/mol. The van der Waals surface area contributed by atoms with Crippen molar-refractivity contribution in [3.63, 3.8) is 0 Å². The number of benzene rings is 2. The van der Waals surface area contributed by atoms with Crippen LogP contribution in [0.1, 0.15) is 58.3 Å². The van der Waals surface area contributed by atoms with E-state index in [0.717, 1.165) is 53.2 Å². The van der Waals surface area contributed by atoms with Crippen molar-refractivity contribution in [2.45, 2.75) is 39.7 Å². The lowest BCUT2D eigenvalue weighted by Crippen LogP contribution is -2.09. The summed E-state index contributed by atoms with van der Waals surface area (Å²) < 4.78 is 6.94. The fraction of sp³-hybridized carbons (Fsp3) is 0.269. The van der Waals surface area contributed by atoms with Gasteiger partial charge < -0.3 is 14.6 Å². The van der Waals surface area contributed by atoms with Gasteiger partial charge in [-0.15, -0.1) is 0 Å². The molecule has 1 aromatic heterocycles. The molecule has 6 heteroatoms. The van der Waals surface area contributed by atoms with Gasteiger partial charge in [0.2, 0.25) is 0 Å². The maximum atomic E-state index is 12.7. The minimum Gasteiger partial charge on any atom is -0.465 e. The van der Waals surface area contributed by atoms with E-state index in [4.69, 9.17) is 4.74 Å². The van der Waals surface area contributed by atoms with Gasteiger partial charge in [-0.25, -0.2) is 9.78 Å². The van der Waals surface area contributed by atoms with Crippen LogP contribution in [0.15, 0.2) is 48.7 Å². The Labute approximate surface area is 187 Å². The van der Waals surface area contributed by atoms with Gasteiger partial charge in [0.1, 0.15) is 5.82 Å². The van der Waals surface area contributed by atoms with Crippen LogP contribution >= 0.6 is 0 Å². The number of hydrogen-bond acceptors (Lipinski definition) is 4. The van der Waals surface area contributed by atoms with Crippen molar-refractivity contribution in [1.82, 2.24) is 9.55 Å². The fourth-order valence-corrected chi connectivity index (χ4v) is 3.96. The molecule has 1 amide bonds. The van der Waals surface area contributed by atoms with Gasteiger partial charge in [-0.05, 0) is 42.7 Å². The van der Waals surface area contributed by atoms with Crippen LogP contribution < -0.4 is 5.32 Å². The molecule has 2 heterocycles. The first-order valence-corrected chi connectivity index (χ1v) is 10.9. The first kappa shape index (κ1) is 21.6. The lowest BCUT2D eigenvalue weighted by atomic mass is 10.0. The Morgan fingerprint density at radius 3 is 2.69 bits per heavy atom. The predicted molar refractivity (Wildman–Crippen MR) is 125 cm³/mol. The fourth-order valence-electron chi connectivity index (χ4n) is 3.96. The Hall–Kier alpha value is -3.67. The van der Waals surface area contributed by atoms with E-state index in [2.05, 4.69) is 21.8 Å². The molecular weight excluding hydrogens is 402 g/mol. The van der Waals surface area contributed by atoms with Gasteiger partial charge in [-0.2, -0.15) is 0 Å². The number of carbonyl (C=O) groups excluding carboxylic acids is 2. The molecule has 0 saturated carbocycles. The number of hydrogen-bond donors (Lipinski definition) is 1. The molecule has 0 saturated heterocycles. The zero-order valence-corrected chi connectivity index (χ0v) is 18.6. The predicted octanol–water partition coefficient (Wildman–Crippen LogP) is 4.86. The minimum atomic E-state index is -0.352. The summed E-state index contributed by atoms with van der Waals surface area (Å²) in [5.74, 6) is 0.535. The van der Waals surface area contributed by atoms with Crippen molar-refractivity contribution in [2.24, 2.45) is 0 Å². The number of amides is 1. The summed E-state index contributed by atoms with van der Waals surface area (Å²) in [6.07, 6.45) is 6.73. The standard InChI is InChI=1S/C26H27N3O3/c1-4-5-9-23-27-15-20(14-22-21-8-6-7-17(2)24(21)28-25(22)30)29(23)16-18-10-12-19(13-11-18)26(31)32-3/h6-8,10-15H,4-5,9,16H2,1-3H3,(H,28,30). The van der Waals surface area contributed by atoms with E-state index in [1.165, 1.54) is 7.11 Å². The number of ether oxygens (including phenoxy) is 1. The number of rotatable bonds is 7. The molecule has 3 aromatic rings. The normalized spacial score (nSPS) is 13.8. The average molecular weight is 430 g/mol. The van der Waals surface area contributed by atoms with E-state index < -0.39 is 0 Å². The van der Waals surface area contributed by atoms with Crippen molar-refractivity contribution in [3.05, 3.63) is 82.4 Å². The van der Waals surface area contributed by atoms with Gasteiger partial charge in [0.05, 0.1) is 35.8 Å². The van der Waals surface area contributed by atoms with Crippen molar-refractivity contribution in [2.75, 3.05) is 12.4 Å². The molecule has 164 valence electrons. The van der Waals surface area contributed by atoms with Gasteiger partial charge in [0.25, 0.3) is 5.91 Å². The second-order valence-corrected chi connectivity index (χ2v) is 7.99. The number of anilines is 1. The van der Waals surface area contributed by atoms with Crippen molar-refractivity contribution in [3.8, 4) is 0 Å². The lowest BCUT2D eigenvalue weighted by Gasteiger charge is -2.12. The Bertz CT molecular complexity index is 1190. The van der Waals surface area contributed by atoms with E-state index in [-0.39, 0.29) is 11.9 Å². The van der Waals surface area contributed by atoms with E-state index in [9.17, 15) is 9.59 Å². The minimum absolute atomic E-state index is 0.0976. The molecule has 4 rings (SSSR count). The van der Waals surface area contributed by atoms with Crippen LogP contribution in [0.3, 0.4) is 0 Å². The Kier molecular flexibility index (Phi) is 6.21. The summed E-state index contributed by atoms with van der Waals surface area (Å²) in [6.45, 7) is 4.75. The molecule has 0 atom stereocenters. The number of fused-ring (bicyclic) bond motifs is 1. The van der Waals surface area contributed by atoms with E-state index in [0.29, 0.717) is 17.7 Å².